The van der Waals surface area contributed by atoms with Gasteiger partial charge in [0, 0.05) is 53.3 Å². The van der Waals surface area contributed by atoms with E-state index in [4.69, 9.17) is 0 Å². The molecule has 0 aliphatic carbocycles. The SMILES string of the molecule is c1ccc(N(c2ccccc2-c2ccc3c(c2)c2ccccc2n3-c2ccc3c(c2)sc2ccccc23)c2cccc3ccccc23)cc1. The van der Waals surface area contributed by atoms with Crippen molar-refractivity contribution in [1.29, 1.82) is 0 Å². The van der Waals surface area contributed by atoms with E-state index in [1.54, 1.807) is 0 Å². The monoisotopic (exact) mass is 642 g/mol. The van der Waals surface area contributed by atoms with Crippen LogP contribution >= 0.6 is 11.3 Å². The Kier molecular flexibility index (Phi) is 6.39. The molecule has 0 atom stereocenters. The standard InChI is InChI=1S/C46H30N2S/c1-2-15-33(16-3-1)47(42-23-12-14-31-13-4-5-17-35(31)42)41-21-9-6-18-36(41)32-25-28-44-40(29-32)37-19-7-10-22-43(37)48(44)34-26-27-39-38-20-8-11-24-45(38)49-46(39)30-34/h1-30H. The first kappa shape index (κ1) is 27.9. The number of hydrogen-bond donors (Lipinski definition) is 0. The van der Waals surface area contributed by atoms with Gasteiger partial charge in [-0.1, -0.05) is 121 Å². The molecular formula is C46H30N2S. The average molecular weight is 643 g/mol. The van der Waals surface area contributed by atoms with Crippen LogP contribution in [0.2, 0.25) is 0 Å². The molecule has 2 heterocycles. The van der Waals surface area contributed by atoms with Gasteiger partial charge in [-0.2, -0.15) is 0 Å². The van der Waals surface area contributed by atoms with E-state index in [-0.39, 0.29) is 0 Å². The fourth-order valence-corrected chi connectivity index (χ4v) is 8.71. The smallest absolute Gasteiger partial charge is 0.0541 e. The number of anilines is 3. The molecule has 0 amide bonds. The van der Waals surface area contributed by atoms with Crippen LogP contribution in [0.15, 0.2) is 182 Å². The molecule has 0 saturated carbocycles. The molecule has 0 aliphatic rings. The number of para-hydroxylation sites is 3. The van der Waals surface area contributed by atoms with E-state index in [0.29, 0.717) is 0 Å². The van der Waals surface area contributed by atoms with Gasteiger partial charge >= 0.3 is 0 Å². The first-order valence-corrected chi connectivity index (χ1v) is 17.5. The minimum atomic E-state index is 1.13. The average Bonchev–Trinajstić information content (AvgIpc) is 3.71. The van der Waals surface area contributed by atoms with E-state index in [1.165, 1.54) is 69.6 Å². The molecule has 2 aromatic heterocycles. The van der Waals surface area contributed by atoms with E-state index in [9.17, 15) is 0 Å². The van der Waals surface area contributed by atoms with Crippen molar-refractivity contribution in [1.82, 2.24) is 4.57 Å². The number of fused-ring (bicyclic) bond motifs is 7. The Labute approximate surface area is 288 Å². The highest BCUT2D eigenvalue weighted by molar-refractivity contribution is 7.25. The predicted molar refractivity (Wildman–Crippen MR) is 211 cm³/mol. The normalized spacial score (nSPS) is 11.7. The molecule has 0 aliphatic heterocycles. The fourth-order valence-electron chi connectivity index (χ4n) is 7.57. The number of aromatic nitrogens is 1. The number of thiophene rings is 1. The first-order chi connectivity index (χ1) is 24.3. The largest absolute Gasteiger partial charge is 0.309 e. The van der Waals surface area contributed by atoms with Crippen LogP contribution in [0.3, 0.4) is 0 Å². The highest BCUT2D eigenvalue weighted by Gasteiger charge is 2.20. The van der Waals surface area contributed by atoms with Crippen LogP contribution in [0.1, 0.15) is 0 Å². The molecule has 0 unspecified atom stereocenters. The number of benzene rings is 8. The second kappa shape index (κ2) is 11.2. The Hall–Kier alpha value is -6.16. The van der Waals surface area contributed by atoms with E-state index < -0.39 is 0 Å². The maximum atomic E-state index is 2.43. The third kappa shape index (κ3) is 4.47. The summed E-state index contributed by atoms with van der Waals surface area (Å²) in [7, 11) is 0. The lowest BCUT2D eigenvalue weighted by Crippen LogP contribution is -2.11. The lowest BCUT2D eigenvalue weighted by molar-refractivity contribution is 1.19. The maximum Gasteiger partial charge on any atom is 0.0541 e. The molecule has 0 bridgehead atoms. The van der Waals surface area contributed by atoms with Gasteiger partial charge in [-0.3, -0.25) is 0 Å². The van der Waals surface area contributed by atoms with Crippen molar-refractivity contribution < 1.29 is 0 Å². The van der Waals surface area contributed by atoms with Gasteiger partial charge < -0.3 is 9.47 Å². The molecule has 0 saturated heterocycles. The summed E-state index contributed by atoms with van der Waals surface area (Å²) in [4.78, 5) is 2.41. The molecule has 2 nitrogen and oxygen atoms in total. The second-order valence-corrected chi connectivity index (χ2v) is 13.6. The number of rotatable bonds is 5. The Balaban J connectivity index is 1.18. The summed E-state index contributed by atoms with van der Waals surface area (Å²) in [5.74, 6) is 0. The summed E-state index contributed by atoms with van der Waals surface area (Å²) >= 11 is 1.87. The van der Waals surface area contributed by atoms with Crippen molar-refractivity contribution in [2.75, 3.05) is 4.90 Å². The van der Waals surface area contributed by atoms with Gasteiger partial charge in [-0.15, -0.1) is 11.3 Å². The van der Waals surface area contributed by atoms with Gasteiger partial charge in [0.15, 0.2) is 0 Å². The molecule has 49 heavy (non-hydrogen) atoms. The van der Waals surface area contributed by atoms with Gasteiger partial charge in [0.05, 0.1) is 22.4 Å². The van der Waals surface area contributed by atoms with Crippen LogP contribution in [0, 0.1) is 0 Å². The van der Waals surface area contributed by atoms with Gasteiger partial charge in [0.2, 0.25) is 0 Å². The Morgan fingerprint density at radius 3 is 2.00 bits per heavy atom. The summed E-state index contributed by atoms with van der Waals surface area (Å²) in [5.41, 5.74) is 9.40. The van der Waals surface area contributed by atoms with Crippen LogP contribution in [0.5, 0.6) is 0 Å². The van der Waals surface area contributed by atoms with Gasteiger partial charge in [-0.05, 0) is 71.6 Å². The van der Waals surface area contributed by atoms with Crippen LogP contribution in [0.25, 0.3) is 69.6 Å². The summed E-state index contributed by atoms with van der Waals surface area (Å²) in [6.07, 6.45) is 0. The third-order valence-corrected chi connectivity index (χ3v) is 10.9. The highest BCUT2D eigenvalue weighted by atomic mass is 32.1. The molecule has 10 rings (SSSR count). The molecule has 0 radical (unpaired) electrons. The predicted octanol–water partition coefficient (Wildman–Crippen LogP) is 13.4. The quantitative estimate of drug-likeness (QED) is 0.181. The summed E-state index contributed by atoms with van der Waals surface area (Å²) in [6, 6.07) is 66.2. The van der Waals surface area contributed by atoms with Crippen molar-refractivity contribution in [3.63, 3.8) is 0 Å². The van der Waals surface area contributed by atoms with Crippen molar-refractivity contribution in [3.05, 3.63) is 182 Å². The topological polar surface area (TPSA) is 8.17 Å². The number of hydrogen-bond acceptors (Lipinski definition) is 2. The summed E-state index contributed by atoms with van der Waals surface area (Å²) in [6.45, 7) is 0. The van der Waals surface area contributed by atoms with E-state index in [1.807, 2.05) is 11.3 Å². The molecule has 230 valence electrons. The van der Waals surface area contributed by atoms with E-state index in [2.05, 4.69) is 191 Å². The zero-order valence-corrected chi connectivity index (χ0v) is 27.4. The van der Waals surface area contributed by atoms with Crippen molar-refractivity contribution in [2.45, 2.75) is 0 Å². The number of nitrogens with zero attached hydrogens (tertiary/aromatic N) is 2. The Morgan fingerprint density at radius 1 is 0.408 bits per heavy atom. The summed E-state index contributed by atoms with van der Waals surface area (Å²) in [5, 5.41) is 7.59. The first-order valence-electron chi connectivity index (χ1n) is 16.7. The van der Waals surface area contributed by atoms with Crippen LogP contribution in [-0.2, 0) is 0 Å². The fraction of sp³-hybridized carbons (Fsp3) is 0. The van der Waals surface area contributed by atoms with Crippen molar-refractivity contribution in [3.8, 4) is 16.8 Å². The lowest BCUT2D eigenvalue weighted by Gasteiger charge is -2.29. The lowest BCUT2D eigenvalue weighted by atomic mass is 9.99. The van der Waals surface area contributed by atoms with Crippen molar-refractivity contribution in [2.24, 2.45) is 0 Å². The molecule has 10 aromatic rings. The third-order valence-electron chi connectivity index (χ3n) is 9.77. The summed E-state index contributed by atoms with van der Waals surface area (Å²) < 4.78 is 5.06. The zero-order valence-electron chi connectivity index (χ0n) is 26.6. The van der Waals surface area contributed by atoms with Gasteiger partial charge in [0.1, 0.15) is 0 Å². The highest BCUT2D eigenvalue weighted by Crippen LogP contribution is 2.45. The zero-order chi connectivity index (χ0) is 32.3. The van der Waals surface area contributed by atoms with E-state index >= 15 is 0 Å². The molecule has 0 spiro atoms. The molecule has 0 N–H and O–H groups in total. The van der Waals surface area contributed by atoms with E-state index in [0.717, 1.165) is 17.1 Å². The van der Waals surface area contributed by atoms with Crippen LogP contribution in [-0.4, -0.2) is 4.57 Å². The van der Waals surface area contributed by atoms with Gasteiger partial charge in [-0.25, -0.2) is 0 Å². The van der Waals surface area contributed by atoms with Crippen LogP contribution < -0.4 is 4.90 Å². The minimum Gasteiger partial charge on any atom is -0.309 e. The Morgan fingerprint density at radius 2 is 1.08 bits per heavy atom. The maximum absolute atomic E-state index is 2.43. The minimum absolute atomic E-state index is 1.13. The van der Waals surface area contributed by atoms with Crippen LogP contribution in [0.4, 0.5) is 17.1 Å². The molecule has 8 aromatic carbocycles. The van der Waals surface area contributed by atoms with Gasteiger partial charge in [0.25, 0.3) is 0 Å². The second-order valence-electron chi connectivity index (χ2n) is 12.5. The molecule has 0 fully saturated rings. The molecular weight excluding hydrogens is 613 g/mol. The molecule has 3 heteroatoms. The van der Waals surface area contributed by atoms with Crippen molar-refractivity contribution >= 4 is 81.1 Å². The Bertz CT molecular complexity index is 2840.